The summed E-state index contributed by atoms with van der Waals surface area (Å²) in [6.45, 7) is 0. The van der Waals surface area contributed by atoms with Crippen molar-refractivity contribution in [2.75, 3.05) is 5.32 Å². The minimum absolute atomic E-state index is 0.0225. The van der Waals surface area contributed by atoms with Gasteiger partial charge in [-0.05, 0) is 25.7 Å². The van der Waals surface area contributed by atoms with Gasteiger partial charge in [0.2, 0.25) is 11.9 Å². The summed E-state index contributed by atoms with van der Waals surface area (Å²) in [6.07, 6.45) is 2.19. The van der Waals surface area contributed by atoms with Crippen LogP contribution in [0.5, 0.6) is 0 Å². The summed E-state index contributed by atoms with van der Waals surface area (Å²) in [7, 11) is 0. The van der Waals surface area contributed by atoms with Crippen LogP contribution in [0.2, 0.25) is 0 Å². The third kappa shape index (κ3) is 4.48. The molecule has 3 rings (SSSR count). The third-order valence-electron chi connectivity index (χ3n) is 4.21. The second-order valence-electron chi connectivity index (χ2n) is 6.32. The number of aliphatic imine (C=N–C) groups is 1. The van der Waals surface area contributed by atoms with Gasteiger partial charge in [-0.25, -0.2) is 4.99 Å². The molecule has 1 aromatic heterocycles. The van der Waals surface area contributed by atoms with E-state index in [1.54, 1.807) is 0 Å². The number of carbonyl (C=O) groups excluding carboxylic acids is 1. The number of hydrogen-bond donors (Lipinski definition) is 3. The van der Waals surface area contributed by atoms with E-state index in [-0.39, 0.29) is 29.6 Å². The second-order valence-corrected chi connectivity index (χ2v) is 6.32. The van der Waals surface area contributed by atoms with Crippen molar-refractivity contribution in [3.05, 3.63) is 11.8 Å². The van der Waals surface area contributed by atoms with Gasteiger partial charge in [0, 0.05) is 12.0 Å². The van der Waals surface area contributed by atoms with E-state index in [1.807, 2.05) is 5.10 Å². The molecule has 24 heavy (non-hydrogen) atoms. The van der Waals surface area contributed by atoms with E-state index in [0.29, 0.717) is 0 Å². The lowest BCUT2D eigenvalue weighted by atomic mass is 9.89. The first-order chi connectivity index (χ1) is 11.4. The molecule has 0 radical (unpaired) electrons. The van der Waals surface area contributed by atoms with Crippen molar-refractivity contribution < 1.29 is 18.0 Å². The lowest BCUT2D eigenvalue weighted by molar-refractivity contribution is -0.141. The predicted octanol–water partition coefficient (Wildman–Crippen LogP) is 3.06. The average Bonchev–Trinajstić information content (AvgIpc) is 3.21. The predicted molar refractivity (Wildman–Crippen MR) is 82.4 cm³/mol. The quantitative estimate of drug-likeness (QED) is 0.583. The number of carbonyl (C=O) groups is 1. The summed E-state index contributed by atoms with van der Waals surface area (Å²) in [5, 5.41) is 10.9. The molecule has 0 unspecified atom stereocenters. The van der Waals surface area contributed by atoms with E-state index >= 15 is 0 Å². The number of rotatable bonds is 3. The highest BCUT2D eigenvalue weighted by molar-refractivity contribution is 6.04. The fourth-order valence-corrected chi connectivity index (χ4v) is 2.72. The molecule has 1 aromatic rings. The number of aromatic amines is 1. The van der Waals surface area contributed by atoms with Gasteiger partial charge in [-0.15, -0.1) is 0 Å². The SMILES string of the molecule is O=C(NC(=NC1CC1)Nc1cc(C(F)(F)F)[nH]n1)C1CCCCC1. The molecule has 2 aliphatic rings. The van der Waals surface area contributed by atoms with Gasteiger partial charge in [-0.2, -0.15) is 18.3 Å². The monoisotopic (exact) mass is 343 g/mol. The maximum atomic E-state index is 12.6. The van der Waals surface area contributed by atoms with E-state index < -0.39 is 11.9 Å². The molecule has 0 atom stereocenters. The van der Waals surface area contributed by atoms with Crippen molar-refractivity contribution >= 4 is 17.7 Å². The van der Waals surface area contributed by atoms with Gasteiger partial charge in [0.05, 0.1) is 6.04 Å². The Morgan fingerprint density at radius 3 is 2.50 bits per heavy atom. The van der Waals surface area contributed by atoms with Crippen molar-refractivity contribution in [1.29, 1.82) is 0 Å². The van der Waals surface area contributed by atoms with E-state index in [0.717, 1.165) is 51.0 Å². The third-order valence-corrected chi connectivity index (χ3v) is 4.21. The number of hydrogen-bond acceptors (Lipinski definition) is 3. The number of guanidine groups is 1. The number of aromatic nitrogens is 2. The molecule has 2 saturated carbocycles. The maximum Gasteiger partial charge on any atom is 0.432 e. The number of amides is 1. The van der Waals surface area contributed by atoms with E-state index in [9.17, 15) is 18.0 Å². The minimum atomic E-state index is -4.49. The summed E-state index contributed by atoms with van der Waals surface area (Å²) in [4.78, 5) is 16.7. The molecule has 6 nitrogen and oxygen atoms in total. The zero-order chi connectivity index (χ0) is 17.2. The molecule has 0 saturated heterocycles. The Hall–Kier alpha value is -2.06. The fourth-order valence-electron chi connectivity index (χ4n) is 2.72. The first-order valence-corrected chi connectivity index (χ1v) is 8.20. The van der Waals surface area contributed by atoms with Crippen LogP contribution in [0.3, 0.4) is 0 Å². The molecule has 2 aliphatic carbocycles. The summed E-state index contributed by atoms with van der Waals surface area (Å²) >= 11 is 0. The molecule has 0 spiro atoms. The van der Waals surface area contributed by atoms with Crippen molar-refractivity contribution in [3.8, 4) is 0 Å². The van der Waals surface area contributed by atoms with Crippen molar-refractivity contribution in [1.82, 2.24) is 15.5 Å². The lowest BCUT2D eigenvalue weighted by Crippen LogP contribution is -2.40. The van der Waals surface area contributed by atoms with Crippen LogP contribution in [0.1, 0.15) is 50.6 Å². The first-order valence-electron chi connectivity index (χ1n) is 8.20. The molecular formula is C15H20F3N5O. The molecular weight excluding hydrogens is 323 g/mol. The van der Waals surface area contributed by atoms with Gasteiger partial charge in [-0.1, -0.05) is 19.3 Å². The van der Waals surface area contributed by atoms with Crippen molar-refractivity contribution in [2.45, 2.75) is 57.2 Å². The van der Waals surface area contributed by atoms with E-state index in [2.05, 4.69) is 20.7 Å². The average molecular weight is 343 g/mol. The smallest absolute Gasteiger partial charge is 0.309 e. The van der Waals surface area contributed by atoms with Crippen LogP contribution in [-0.2, 0) is 11.0 Å². The summed E-state index contributed by atoms with van der Waals surface area (Å²) in [6, 6.07) is 0.968. The number of halogens is 3. The minimum Gasteiger partial charge on any atom is -0.309 e. The summed E-state index contributed by atoms with van der Waals surface area (Å²) in [5.74, 6) is -0.0398. The fraction of sp³-hybridized carbons (Fsp3) is 0.667. The van der Waals surface area contributed by atoms with Crippen LogP contribution in [-0.4, -0.2) is 28.1 Å². The first kappa shape index (κ1) is 16.8. The number of H-pyrrole nitrogens is 1. The van der Waals surface area contributed by atoms with E-state index in [4.69, 9.17) is 0 Å². The van der Waals surface area contributed by atoms with Crippen LogP contribution in [0.15, 0.2) is 11.1 Å². The van der Waals surface area contributed by atoms with Gasteiger partial charge in [-0.3, -0.25) is 15.2 Å². The van der Waals surface area contributed by atoms with Gasteiger partial charge in [0.1, 0.15) is 5.69 Å². The van der Waals surface area contributed by atoms with Gasteiger partial charge >= 0.3 is 6.18 Å². The van der Waals surface area contributed by atoms with Gasteiger partial charge in [0.25, 0.3) is 0 Å². The summed E-state index contributed by atoms with van der Waals surface area (Å²) in [5.41, 5.74) is -0.950. The van der Waals surface area contributed by atoms with Crippen LogP contribution in [0.25, 0.3) is 0 Å². The Kier molecular flexibility index (Phi) is 4.77. The number of nitrogens with one attached hydrogen (secondary N) is 3. The van der Waals surface area contributed by atoms with Crippen LogP contribution in [0.4, 0.5) is 19.0 Å². The zero-order valence-electron chi connectivity index (χ0n) is 13.1. The van der Waals surface area contributed by atoms with Crippen molar-refractivity contribution in [2.24, 2.45) is 10.9 Å². The largest absolute Gasteiger partial charge is 0.432 e. The normalized spacial score (nSPS) is 20.0. The molecule has 1 amide bonds. The van der Waals surface area contributed by atoms with Gasteiger partial charge < -0.3 is 5.32 Å². The highest BCUT2D eigenvalue weighted by atomic mass is 19.4. The molecule has 9 heteroatoms. The molecule has 3 N–H and O–H groups in total. The number of nitrogens with zero attached hydrogens (tertiary/aromatic N) is 2. The Morgan fingerprint density at radius 1 is 1.21 bits per heavy atom. The van der Waals surface area contributed by atoms with Crippen molar-refractivity contribution in [3.63, 3.8) is 0 Å². The lowest BCUT2D eigenvalue weighted by Gasteiger charge is -2.21. The molecule has 0 aromatic carbocycles. The maximum absolute atomic E-state index is 12.6. The standard InChI is InChI=1S/C15H20F3N5O/c16-15(17,18)11-8-12(23-22-11)20-14(19-10-6-7-10)21-13(24)9-4-2-1-3-5-9/h8-10H,1-7H2,(H3,19,20,21,22,23,24). The Balaban J connectivity index is 1.66. The Morgan fingerprint density at radius 2 is 1.92 bits per heavy atom. The number of anilines is 1. The highest BCUT2D eigenvalue weighted by Crippen LogP contribution is 2.29. The topological polar surface area (TPSA) is 82.2 Å². The Bertz CT molecular complexity index is 615. The summed E-state index contributed by atoms with van der Waals surface area (Å²) < 4.78 is 37.8. The second kappa shape index (κ2) is 6.82. The zero-order valence-corrected chi connectivity index (χ0v) is 13.1. The molecule has 132 valence electrons. The highest BCUT2D eigenvalue weighted by Gasteiger charge is 2.33. The van der Waals surface area contributed by atoms with Crippen LogP contribution >= 0.6 is 0 Å². The molecule has 0 bridgehead atoms. The molecule has 2 fully saturated rings. The van der Waals surface area contributed by atoms with Crippen LogP contribution < -0.4 is 10.6 Å². The molecule has 0 aliphatic heterocycles. The molecule has 1 heterocycles. The van der Waals surface area contributed by atoms with Crippen LogP contribution in [0, 0.1) is 5.92 Å². The number of alkyl halides is 3. The van der Waals surface area contributed by atoms with Gasteiger partial charge in [0.15, 0.2) is 5.82 Å². The Labute approximate surface area is 137 Å². The van der Waals surface area contributed by atoms with E-state index in [1.165, 1.54) is 0 Å².